The minimum Gasteiger partial charge on any atom is -0.356 e. The number of carbonyl (C=O) groups excluding carboxylic acids is 1. The summed E-state index contributed by atoms with van der Waals surface area (Å²) in [6.07, 6.45) is 5.52. The molecule has 1 aromatic carbocycles. The maximum atomic E-state index is 11.3. The van der Waals surface area contributed by atoms with Crippen molar-refractivity contribution in [1.82, 2.24) is 5.32 Å². The highest BCUT2D eigenvalue weighted by atomic mass is 16.2. The second kappa shape index (κ2) is 5.69. The van der Waals surface area contributed by atoms with Gasteiger partial charge in [0, 0.05) is 12.5 Å². The van der Waals surface area contributed by atoms with Crippen LogP contribution in [0.3, 0.4) is 0 Å². The molecule has 1 aliphatic rings. The van der Waals surface area contributed by atoms with Crippen LogP contribution in [0.15, 0.2) is 30.3 Å². The number of carbonyl (C=O) groups is 1. The van der Waals surface area contributed by atoms with E-state index in [9.17, 15) is 4.79 Å². The first-order chi connectivity index (χ1) is 7.86. The van der Waals surface area contributed by atoms with E-state index in [1.807, 2.05) is 6.07 Å². The summed E-state index contributed by atoms with van der Waals surface area (Å²) in [4.78, 5) is 11.3. The van der Waals surface area contributed by atoms with E-state index in [1.54, 1.807) is 0 Å². The van der Waals surface area contributed by atoms with E-state index in [-0.39, 0.29) is 5.91 Å². The van der Waals surface area contributed by atoms with Gasteiger partial charge in [-0.3, -0.25) is 4.79 Å². The zero-order chi connectivity index (χ0) is 11.2. The maximum Gasteiger partial charge on any atom is 0.223 e. The van der Waals surface area contributed by atoms with Gasteiger partial charge in [0.25, 0.3) is 0 Å². The van der Waals surface area contributed by atoms with Crippen molar-refractivity contribution in [2.45, 2.75) is 32.1 Å². The molecular formula is C14H19NO. The molecule has 1 saturated carbocycles. The van der Waals surface area contributed by atoms with E-state index in [1.165, 1.54) is 5.56 Å². The fourth-order valence-corrected chi connectivity index (χ4v) is 1.80. The summed E-state index contributed by atoms with van der Waals surface area (Å²) >= 11 is 0. The van der Waals surface area contributed by atoms with E-state index < -0.39 is 0 Å². The van der Waals surface area contributed by atoms with Crippen molar-refractivity contribution >= 4 is 5.91 Å². The van der Waals surface area contributed by atoms with Crippen molar-refractivity contribution in [1.29, 1.82) is 0 Å². The molecule has 1 N–H and O–H groups in total. The molecule has 1 fully saturated rings. The molecule has 16 heavy (non-hydrogen) atoms. The largest absolute Gasteiger partial charge is 0.356 e. The molecule has 0 spiro atoms. The van der Waals surface area contributed by atoms with Gasteiger partial charge in [-0.2, -0.15) is 0 Å². The smallest absolute Gasteiger partial charge is 0.223 e. The van der Waals surface area contributed by atoms with Crippen LogP contribution in [0.4, 0.5) is 0 Å². The Labute approximate surface area is 97.1 Å². The Kier molecular flexibility index (Phi) is 3.97. The molecule has 2 rings (SSSR count). The van der Waals surface area contributed by atoms with E-state index >= 15 is 0 Å². The molecule has 0 aromatic heterocycles. The Bertz CT molecular complexity index is 330. The van der Waals surface area contributed by atoms with Crippen LogP contribution < -0.4 is 5.32 Å². The lowest BCUT2D eigenvalue weighted by molar-refractivity contribution is -0.122. The molecule has 1 aromatic rings. The third-order valence-electron chi connectivity index (χ3n) is 2.98. The normalized spacial score (nSPS) is 14.8. The molecule has 0 bridgehead atoms. The van der Waals surface area contributed by atoms with Gasteiger partial charge in [-0.25, -0.2) is 0 Å². The topological polar surface area (TPSA) is 29.1 Å². The van der Waals surface area contributed by atoms with Crippen LogP contribution in [0.1, 0.15) is 31.2 Å². The number of rotatable bonds is 6. The third-order valence-corrected chi connectivity index (χ3v) is 2.98. The molecule has 0 unspecified atom stereocenters. The second-order valence-corrected chi connectivity index (χ2v) is 4.51. The van der Waals surface area contributed by atoms with Crippen molar-refractivity contribution in [3.63, 3.8) is 0 Å². The molecular weight excluding hydrogens is 198 g/mol. The first-order valence-electron chi connectivity index (χ1n) is 6.18. The number of nitrogens with one attached hydrogen (secondary N) is 1. The summed E-state index contributed by atoms with van der Waals surface area (Å²) in [5.74, 6) is 0.605. The number of hydrogen-bond acceptors (Lipinski definition) is 1. The molecule has 2 nitrogen and oxygen atoms in total. The minimum absolute atomic E-state index is 0.264. The lowest BCUT2D eigenvalue weighted by atomic mass is 10.1. The molecule has 1 amide bonds. The predicted octanol–water partition coefficient (Wildman–Crippen LogP) is 2.54. The fraction of sp³-hybridized carbons (Fsp3) is 0.500. The average Bonchev–Trinajstić information content (AvgIpc) is 3.13. The second-order valence-electron chi connectivity index (χ2n) is 4.51. The van der Waals surface area contributed by atoms with E-state index in [4.69, 9.17) is 0 Å². The van der Waals surface area contributed by atoms with Gasteiger partial charge < -0.3 is 5.32 Å². The molecule has 0 saturated heterocycles. The molecule has 2 heteroatoms. The van der Waals surface area contributed by atoms with Crippen LogP contribution in [-0.2, 0) is 11.2 Å². The van der Waals surface area contributed by atoms with Gasteiger partial charge in [-0.1, -0.05) is 30.3 Å². The van der Waals surface area contributed by atoms with Gasteiger partial charge in [0.15, 0.2) is 0 Å². The summed E-state index contributed by atoms with van der Waals surface area (Å²) in [6, 6.07) is 10.5. The summed E-state index contributed by atoms with van der Waals surface area (Å²) < 4.78 is 0. The molecule has 0 heterocycles. The highest BCUT2D eigenvalue weighted by Gasteiger charge is 2.28. The van der Waals surface area contributed by atoms with Crippen LogP contribution in [0, 0.1) is 5.92 Å². The number of unbranched alkanes of at least 4 members (excludes halogenated alkanes) is 1. The molecule has 86 valence electrons. The van der Waals surface area contributed by atoms with Gasteiger partial charge in [-0.05, 0) is 37.7 Å². The summed E-state index contributed by atoms with van der Waals surface area (Å²) in [6.45, 7) is 0.835. The number of aryl methyl sites for hydroxylation is 1. The van der Waals surface area contributed by atoms with Gasteiger partial charge in [0.2, 0.25) is 5.91 Å². The summed E-state index contributed by atoms with van der Waals surface area (Å²) in [7, 11) is 0. The van der Waals surface area contributed by atoms with Crippen LogP contribution in [0.5, 0.6) is 0 Å². The van der Waals surface area contributed by atoms with Gasteiger partial charge >= 0.3 is 0 Å². The van der Waals surface area contributed by atoms with Crippen molar-refractivity contribution in [2.75, 3.05) is 6.54 Å². The van der Waals surface area contributed by atoms with Gasteiger partial charge in [0.1, 0.15) is 0 Å². The SMILES string of the molecule is O=C(NCCCCc1ccccc1)C1CC1. The Balaban J connectivity index is 1.53. The first kappa shape index (κ1) is 11.2. The lowest BCUT2D eigenvalue weighted by Gasteiger charge is -2.04. The highest BCUT2D eigenvalue weighted by Crippen LogP contribution is 2.28. The van der Waals surface area contributed by atoms with Crippen LogP contribution >= 0.6 is 0 Å². The quantitative estimate of drug-likeness (QED) is 0.729. The summed E-state index contributed by atoms with van der Waals surface area (Å²) in [5, 5.41) is 2.99. The standard InChI is InChI=1S/C14H19NO/c16-14(13-9-10-13)15-11-5-4-8-12-6-2-1-3-7-12/h1-3,6-7,13H,4-5,8-11H2,(H,15,16). The Morgan fingerprint density at radius 1 is 1.19 bits per heavy atom. The number of benzene rings is 1. The third kappa shape index (κ3) is 3.69. The predicted molar refractivity (Wildman–Crippen MR) is 65.1 cm³/mol. The average molecular weight is 217 g/mol. The minimum atomic E-state index is 0.264. The zero-order valence-corrected chi connectivity index (χ0v) is 9.61. The van der Waals surface area contributed by atoms with E-state index in [2.05, 4.69) is 29.6 Å². The van der Waals surface area contributed by atoms with Crippen molar-refractivity contribution in [3.05, 3.63) is 35.9 Å². The lowest BCUT2D eigenvalue weighted by Crippen LogP contribution is -2.25. The molecule has 0 radical (unpaired) electrons. The number of amides is 1. The van der Waals surface area contributed by atoms with E-state index in [0.29, 0.717) is 5.92 Å². The van der Waals surface area contributed by atoms with Crippen LogP contribution in [0.25, 0.3) is 0 Å². The molecule has 1 aliphatic carbocycles. The van der Waals surface area contributed by atoms with Gasteiger partial charge in [-0.15, -0.1) is 0 Å². The monoisotopic (exact) mass is 217 g/mol. The Morgan fingerprint density at radius 3 is 2.62 bits per heavy atom. The van der Waals surface area contributed by atoms with Crippen LogP contribution in [-0.4, -0.2) is 12.5 Å². The van der Waals surface area contributed by atoms with Crippen molar-refractivity contribution in [3.8, 4) is 0 Å². The maximum absolute atomic E-state index is 11.3. The van der Waals surface area contributed by atoms with Crippen molar-refractivity contribution in [2.24, 2.45) is 5.92 Å². The zero-order valence-electron chi connectivity index (χ0n) is 9.61. The fourth-order valence-electron chi connectivity index (χ4n) is 1.80. The highest BCUT2D eigenvalue weighted by molar-refractivity contribution is 5.80. The van der Waals surface area contributed by atoms with E-state index in [0.717, 1.165) is 38.6 Å². The molecule has 0 aliphatic heterocycles. The Hall–Kier alpha value is -1.31. The Morgan fingerprint density at radius 2 is 1.94 bits per heavy atom. The number of hydrogen-bond donors (Lipinski definition) is 1. The first-order valence-corrected chi connectivity index (χ1v) is 6.18. The van der Waals surface area contributed by atoms with Gasteiger partial charge in [0.05, 0.1) is 0 Å². The molecule has 0 atom stereocenters. The summed E-state index contributed by atoms with van der Waals surface area (Å²) in [5.41, 5.74) is 1.39. The van der Waals surface area contributed by atoms with Crippen molar-refractivity contribution < 1.29 is 4.79 Å². The van der Waals surface area contributed by atoms with Crippen LogP contribution in [0.2, 0.25) is 0 Å².